The maximum Gasteiger partial charge on any atom is 0.269 e. The van der Waals surface area contributed by atoms with Gasteiger partial charge in [-0.1, -0.05) is 6.92 Å². The van der Waals surface area contributed by atoms with Gasteiger partial charge in [0.05, 0.1) is 11.6 Å². The lowest BCUT2D eigenvalue weighted by molar-refractivity contribution is 0.0995. The fourth-order valence-electron chi connectivity index (χ4n) is 1.88. The molecule has 0 spiro atoms. The Labute approximate surface area is 119 Å². The van der Waals surface area contributed by atoms with Gasteiger partial charge in [0.1, 0.15) is 5.69 Å². The number of hydrogen-bond acceptors (Lipinski definition) is 6. The summed E-state index contributed by atoms with van der Waals surface area (Å²) in [7, 11) is 0. The monoisotopic (exact) mass is 286 g/mol. The number of anilines is 1. The van der Waals surface area contributed by atoms with Crippen molar-refractivity contribution in [3.63, 3.8) is 0 Å². The molecule has 4 N–H and O–H groups in total. The van der Waals surface area contributed by atoms with Crippen LogP contribution in [0.5, 0.6) is 0 Å². The van der Waals surface area contributed by atoms with Crippen molar-refractivity contribution in [2.75, 3.05) is 11.9 Å². The van der Waals surface area contributed by atoms with Gasteiger partial charge in [0.25, 0.3) is 5.91 Å². The van der Waals surface area contributed by atoms with E-state index in [-0.39, 0.29) is 5.69 Å². The number of nitrogens with two attached hydrogens (primary N) is 1. The number of nitrogens with one attached hydrogen (secondary N) is 2. The summed E-state index contributed by atoms with van der Waals surface area (Å²) in [6, 6.07) is 1.54. The number of rotatable bonds is 5. The molecule has 3 rings (SSSR count). The van der Waals surface area contributed by atoms with Crippen LogP contribution < -0.4 is 11.1 Å². The minimum atomic E-state index is -0.587. The number of amides is 1. The molecule has 0 aliphatic rings. The van der Waals surface area contributed by atoms with Gasteiger partial charge in [-0.25, -0.2) is 4.68 Å². The molecule has 0 saturated heterocycles. The number of fused-ring (bicyclic) bond motifs is 1. The molecule has 9 heteroatoms. The molecule has 0 atom stereocenters. The van der Waals surface area contributed by atoms with Crippen LogP contribution in [0, 0.1) is 0 Å². The summed E-state index contributed by atoms with van der Waals surface area (Å²) >= 11 is 0. The Balaban J connectivity index is 2.10. The molecule has 3 aromatic heterocycles. The van der Waals surface area contributed by atoms with Crippen LogP contribution in [0.25, 0.3) is 16.9 Å². The number of carbonyl (C=O) groups is 1. The van der Waals surface area contributed by atoms with Crippen molar-refractivity contribution in [1.29, 1.82) is 0 Å². The number of aromatic amines is 1. The maximum absolute atomic E-state index is 11.2. The summed E-state index contributed by atoms with van der Waals surface area (Å²) in [4.78, 5) is 19.9. The lowest BCUT2D eigenvalue weighted by atomic mass is 10.4. The topological polar surface area (TPSA) is 127 Å². The van der Waals surface area contributed by atoms with Crippen molar-refractivity contribution < 1.29 is 4.79 Å². The summed E-state index contributed by atoms with van der Waals surface area (Å²) in [5.41, 5.74) is 5.98. The molecule has 0 aliphatic heterocycles. The summed E-state index contributed by atoms with van der Waals surface area (Å²) < 4.78 is 1.48. The van der Waals surface area contributed by atoms with Crippen LogP contribution in [0.4, 0.5) is 5.95 Å². The van der Waals surface area contributed by atoms with Crippen molar-refractivity contribution in [1.82, 2.24) is 29.9 Å². The summed E-state index contributed by atoms with van der Waals surface area (Å²) in [6.07, 6.45) is 4.19. The van der Waals surface area contributed by atoms with E-state index in [1.807, 2.05) is 0 Å². The number of hydrogen-bond donors (Lipinski definition) is 3. The molecule has 21 heavy (non-hydrogen) atoms. The maximum atomic E-state index is 11.2. The first-order valence-electron chi connectivity index (χ1n) is 6.50. The van der Waals surface area contributed by atoms with E-state index >= 15 is 0 Å². The molecule has 9 nitrogen and oxygen atoms in total. The molecule has 0 aliphatic carbocycles. The summed E-state index contributed by atoms with van der Waals surface area (Å²) in [5, 5.41) is 14.7. The molecule has 0 unspecified atom stereocenters. The normalized spacial score (nSPS) is 10.9. The number of nitrogens with zero attached hydrogens (tertiary/aromatic N) is 5. The van der Waals surface area contributed by atoms with Crippen LogP contribution in [-0.2, 0) is 0 Å². The van der Waals surface area contributed by atoms with Gasteiger partial charge in [-0.3, -0.25) is 9.89 Å². The van der Waals surface area contributed by atoms with Crippen molar-refractivity contribution in [3.8, 4) is 5.82 Å². The number of H-pyrrole nitrogens is 1. The summed E-state index contributed by atoms with van der Waals surface area (Å²) in [5.74, 6) is 0.412. The molecule has 3 aromatic rings. The Morgan fingerprint density at radius 3 is 3.05 bits per heavy atom. The standard InChI is InChI=1S/C12H14N8O/c1-2-4-14-12-16-10-7(6-15-18-10)11(17-12)20-5-3-8(19-20)9(13)21/h3,5-6H,2,4H2,1H3,(H2,13,21)(H2,14,15,16,17,18). The van der Waals surface area contributed by atoms with Gasteiger partial charge >= 0.3 is 0 Å². The van der Waals surface area contributed by atoms with Crippen molar-refractivity contribution in [2.24, 2.45) is 5.73 Å². The molecule has 0 aromatic carbocycles. The molecular formula is C12H14N8O. The van der Waals surface area contributed by atoms with Crippen LogP contribution in [0.3, 0.4) is 0 Å². The summed E-state index contributed by atoms with van der Waals surface area (Å²) in [6.45, 7) is 2.81. The lowest BCUT2D eigenvalue weighted by Crippen LogP contribution is -2.13. The first-order valence-corrected chi connectivity index (χ1v) is 6.50. The van der Waals surface area contributed by atoms with Crippen LogP contribution >= 0.6 is 0 Å². The largest absolute Gasteiger partial charge is 0.364 e. The van der Waals surface area contributed by atoms with Crippen LogP contribution in [0.1, 0.15) is 23.8 Å². The van der Waals surface area contributed by atoms with Crippen LogP contribution in [-0.4, -0.2) is 42.4 Å². The fourth-order valence-corrected chi connectivity index (χ4v) is 1.88. The van der Waals surface area contributed by atoms with Gasteiger partial charge < -0.3 is 11.1 Å². The first-order chi connectivity index (χ1) is 10.2. The Hall–Kier alpha value is -2.97. The first kappa shape index (κ1) is 13.0. The van der Waals surface area contributed by atoms with E-state index in [4.69, 9.17) is 5.73 Å². The molecule has 108 valence electrons. The van der Waals surface area contributed by atoms with Gasteiger partial charge in [-0.15, -0.1) is 0 Å². The lowest BCUT2D eigenvalue weighted by Gasteiger charge is -2.06. The third-order valence-corrected chi connectivity index (χ3v) is 2.88. The number of carbonyl (C=O) groups excluding carboxylic acids is 1. The molecule has 3 heterocycles. The second-order valence-electron chi connectivity index (χ2n) is 4.44. The van der Waals surface area contributed by atoms with E-state index in [1.54, 1.807) is 12.4 Å². The van der Waals surface area contributed by atoms with E-state index in [9.17, 15) is 4.79 Å². The highest BCUT2D eigenvalue weighted by Crippen LogP contribution is 2.18. The molecule has 0 saturated carbocycles. The van der Waals surface area contributed by atoms with E-state index in [0.717, 1.165) is 13.0 Å². The highest BCUT2D eigenvalue weighted by atomic mass is 16.1. The Morgan fingerprint density at radius 1 is 1.48 bits per heavy atom. The van der Waals surface area contributed by atoms with Crippen molar-refractivity contribution in [2.45, 2.75) is 13.3 Å². The smallest absolute Gasteiger partial charge is 0.269 e. The average Bonchev–Trinajstić information content (AvgIpc) is 3.12. The zero-order chi connectivity index (χ0) is 14.8. The van der Waals surface area contributed by atoms with Gasteiger partial charge in [0, 0.05) is 12.7 Å². The number of aromatic nitrogens is 6. The minimum absolute atomic E-state index is 0.174. The van der Waals surface area contributed by atoms with Crippen LogP contribution in [0.15, 0.2) is 18.5 Å². The molecule has 0 bridgehead atoms. The zero-order valence-corrected chi connectivity index (χ0v) is 11.4. The quantitative estimate of drug-likeness (QED) is 0.625. The predicted octanol–water partition coefficient (Wildman–Crippen LogP) is 0.459. The van der Waals surface area contributed by atoms with E-state index in [2.05, 4.69) is 37.5 Å². The Morgan fingerprint density at radius 2 is 2.33 bits per heavy atom. The van der Waals surface area contributed by atoms with Gasteiger partial charge in [-0.05, 0) is 12.5 Å². The molecular weight excluding hydrogens is 272 g/mol. The van der Waals surface area contributed by atoms with Crippen LogP contribution in [0.2, 0.25) is 0 Å². The molecule has 0 fully saturated rings. The van der Waals surface area contributed by atoms with Crippen molar-refractivity contribution >= 4 is 22.9 Å². The fraction of sp³-hybridized carbons (Fsp3) is 0.250. The Kier molecular flexibility index (Phi) is 3.22. The van der Waals surface area contributed by atoms with E-state index in [1.165, 1.54) is 10.7 Å². The third kappa shape index (κ3) is 2.40. The second kappa shape index (κ2) is 5.19. The SMILES string of the molecule is CCCNc1nc(-n2ccc(C(N)=O)n2)c2cn[nH]c2n1. The van der Waals surface area contributed by atoms with Gasteiger partial charge in [0.2, 0.25) is 5.95 Å². The van der Waals surface area contributed by atoms with E-state index in [0.29, 0.717) is 22.8 Å². The third-order valence-electron chi connectivity index (χ3n) is 2.88. The highest BCUT2D eigenvalue weighted by Gasteiger charge is 2.13. The van der Waals surface area contributed by atoms with Crippen molar-refractivity contribution in [3.05, 3.63) is 24.2 Å². The highest BCUT2D eigenvalue weighted by molar-refractivity contribution is 5.90. The predicted molar refractivity (Wildman–Crippen MR) is 76.1 cm³/mol. The van der Waals surface area contributed by atoms with Gasteiger partial charge in [0.15, 0.2) is 11.5 Å². The number of primary amides is 1. The molecule has 0 radical (unpaired) electrons. The molecule has 1 amide bonds. The average molecular weight is 286 g/mol. The zero-order valence-electron chi connectivity index (χ0n) is 11.4. The van der Waals surface area contributed by atoms with Gasteiger partial charge in [-0.2, -0.15) is 20.2 Å². The van der Waals surface area contributed by atoms with E-state index < -0.39 is 5.91 Å². The Bertz CT molecular complexity index is 790. The minimum Gasteiger partial charge on any atom is -0.364 e. The second-order valence-corrected chi connectivity index (χ2v) is 4.44.